The van der Waals surface area contributed by atoms with Gasteiger partial charge >= 0.3 is 0 Å². The molecule has 0 bridgehead atoms. The van der Waals surface area contributed by atoms with E-state index in [2.05, 4.69) is 20.7 Å². The van der Waals surface area contributed by atoms with Gasteiger partial charge in [0.05, 0.1) is 14.9 Å². The Labute approximate surface area is 130 Å². The van der Waals surface area contributed by atoms with Crippen molar-refractivity contribution >= 4 is 54.8 Å². The molecule has 0 radical (unpaired) electrons. The number of sulfonamides is 1. The molecular formula is C10H14BrClN2O3S2. The maximum atomic E-state index is 12.1. The van der Waals surface area contributed by atoms with Crippen LogP contribution in [0.25, 0.3) is 0 Å². The second-order valence-corrected chi connectivity index (χ2v) is 8.60. The number of carbonyl (C=O) groups excluding carboxylic acids is 1. The van der Waals surface area contributed by atoms with Crippen LogP contribution in [-0.2, 0) is 14.8 Å². The fourth-order valence-electron chi connectivity index (χ4n) is 1.29. The quantitative estimate of drug-likeness (QED) is 0.840. The molecule has 0 spiro atoms. The summed E-state index contributed by atoms with van der Waals surface area (Å²) in [6.45, 7) is 3.84. The van der Waals surface area contributed by atoms with E-state index in [1.54, 1.807) is 7.05 Å². The number of rotatable bonds is 5. The SMILES string of the molecule is CCN(C)C(=O)C(C)NS(=O)(=O)c1cc(Cl)c(Br)s1. The van der Waals surface area contributed by atoms with E-state index < -0.39 is 16.1 Å². The maximum Gasteiger partial charge on any atom is 0.250 e. The summed E-state index contributed by atoms with van der Waals surface area (Å²) in [6, 6.07) is 0.522. The van der Waals surface area contributed by atoms with Crippen LogP contribution in [0.2, 0.25) is 5.02 Å². The van der Waals surface area contributed by atoms with Gasteiger partial charge in [-0.1, -0.05) is 11.6 Å². The van der Waals surface area contributed by atoms with E-state index in [0.29, 0.717) is 15.4 Å². The Morgan fingerprint density at radius 2 is 2.21 bits per heavy atom. The highest BCUT2D eigenvalue weighted by Crippen LogP contribution is 2.34. The molecule has 0 aliphatic heterocycles. The summed E-state index contributed by atoms with van der Waals surface area (Å²) < 4.78 is 27.1. The Morgan fingerprint density at radius 1 is 1.63 bits per heavy atom. The molecule has 0 aliphatic rings. The van der Waals surface area contributed by atoms with Gasteiger partial charge in [0.1, 0.15) is 4.21 Å². The average Bonchev–Trinajstić information content (AvgIpc) is 2.68. The van der Waals surface area contributed by atoms with E-state index in [1.165, 1.54) is 17.9 Å². The third-order valence-corrected chi connectivity index (χ3v) is 6.93. The monoisotopic (exact) mass is 388 g/mol. The lowest BCUT2D eigenvalue weighted by Crippen LogP contribution is -2.45. The molecule has 0 aliphatic carbocycles. The van der Waals surface area contributed by atoms with E-state index in [0.717, 1.165) is 11.3 Å². The molecular weight excluding hydrogens is 376 g/mol. The minimum Gasteiger partial charge on any atom is -0.345 e. The highest BCUT2D eigenvalue weighted by Gasteiger charge is 2.25. The zero-order valence-electron chi connectivity index (χ0n) is 10.6. The van der Waals surface area contributed by atoms with Gasteiger partial charge in [-0.25, -0.2) is 8.42 Å². The number of hydrogen-bond acceptors (Lipinski definition) is 4. The molecule has 5 nitrogen and oxygen atoms in total. The molecule has 0 aromatic carbocycles. The van der Waals surface area contributed by atoms with Crippen LogP contribution in [0.4, 0.5) is 0 Å². The lowest BCUT2D eigenvalue weighted by Gasteiger charge is -2.20. The first kappa shape index (κ1) is 16.9. The minimum absolute atomic E-state index is 0.0724. The Bertz CT molecular complexity index is 554. The van der Waals surface area contributed by atoms with Crippen LogP contribution in [0, 0.1) is 0 Å². The van der Waals surface area contributed by atoms with E-state index in [1.807, 2.05) is 6.92 Å². The predicted molar refractivity (Wildman–Crippen MR) is 80.1 cm³/mol. The van der Waals surface area contributed by atoms with Crippen molar-refractivity contribution in [2.45, 2.75) is 24.1 Å². The predicted octanol–water partition coefficient (Wildman–Crippen LogP) is 2.31. The van der Waals surface area contributed by atoms with E-state index in [4.69, 9.17) is 11.6 Å². The number of nitrogens with zero attached hydrogens (tertiary/aromatic N) is 1. The standard InChI is InChI=1S/C10H14BrClN2O3S2/c1-4-14(3)10(15)6(2)13-19(16,17)8-5-7(12)9(11)18-8/h5-6,13H,4H2,1-3H3. The number of carbonyl (C=O) groups is 1. The molecule has 108 valence electrons. The summed E-state index contributed by atoms with van der Waals surface area (Å²) in [5, 5.41) is 0.329. The highest BCUT2D eigenvalue weighted by atomic mass is 79.9. The van der Waals surface area contributed by atoms with Gasteiger partial charge in [-0.15, -0.1) is 11.3 Å². The molecule has 0 fully saturated rings. The first-order valence-corrected chi connectivity index (χ1v) is 8.88. The van der Waals surface area contributed by atoms with Crippen molar-refractivity contribution in [2.75, 3.05) is 13.6 Å². The molecule has 0 saturated heterocycles. The number of amides is 1. The van der Waals surface area contributed by atoms with Crippen LogP contribution < -0.4 is 4.72 Å². The molecule has 1 amide bonds. The van der Waals surface area contributed by atoms with Crippen molar-refractivity contribution in [1.82, 2.24) is 9.62 Å². The molecule has 1 atom stereocenters. The third kappa shape index (κ3) is 4.16. The number of nitrogens with one attached hydrogen (secondary N) is 1. The summed E-state index contributed by atoms with van der Waals surface area (Å²) in [4.78, 5) is 13.3. The normalized spacial score (nSPS) is 13.3. The Balaban J connectivity index is 2.89. The molecule has 19 heavy (non-hydrogen) atoms. The number of hydrogen-bond donors (Lipinski definition) is 1. The van der Waals surface area contributed by atoms with Crippen molar-refractivity contribution in [1.29, 1.82) is 0 Å². The van der Waals surface area contributed by atoms with Crippen LogP contribution in [-0.4, -0.2) is 38.9 Å². The zero-order chi connectivity index (χ0) is 14.8. The van der Waals surface area contributed by atoms with Crippen LogP contribution in [0.3, 0.4) is 0 Å². The van der Waals surface area contributed by atoms with Gasteiger partial charge in [-0.2, -0.15) is 4.72 Å². The van der Waals surface area contributed by atoms with Crippen molar-refractivity contribution in [3.63, 3.8) is 0 Å². The molecule has 1 rings (SSSR count). The lowest BCUT2D eigenvalue weighted by molar-refractivity contribution is -0.131. The van der Waals surface area contributed by atoms with Gasteiger partial charge in [0.15, 0.2) is 0 Å². The third-order valence-electron chi connectivity index (χ3n) is 2.44. The number of halogens is 2. The van der Waals surface area contributed by atoms with Gasteiger partial charge in [0.25, 0.3) is 10.0 Å². The molecule has 1 aromatic rings. The fraction of sp³-hybridized carbons (Fsp3) is 0.500. The molecule has 9 heteroatoms. The summed E-state index contributed by atoms with van der Waals surface area (Å²) >= 11 is 9.96. The van der Waals surface area contributed by atoms with Gasteiger partial charge in [-0.3, -0.25) is 4.79 Å². The molecule has 0 saturated carbocycles. The van der Waals surface area contributed by atoms with Crippen LogP contribution in [0.15, 0.2) is 14.1 Å². The van der Waals surface area contributed by atoms with E-state index in [-0.39, 0.29) is 10.1 Å². The van der Waals surface area contributed by atoms with Crippen molar-refractivity contribution in [3.8, 4) is 0 Å². The smallest absolute Gasteiger partial charge is 0.250 e. The second-order valence-electron chi connectivity index (χ2n) is 3.88. The van der Waals surface area contributed by atoms with Crippen molar-refractivity contribution in [3.05, 3.63) is 14.9 Å². The lowest BCUT2D eigenvalue weighted by atomic mass is 10.3. The molecule has 1 heterocycles. The van der Waals surface area contributed by atoms with Crippen LogP contribution in [0.5, 0.6) is 0 Å². The largest absolute Gasteiger partial charge is 0.345 e. The molecule has 1 unspecified atom stereocenters. The Kier molecular flexibility index (Phi) is 5.81. The first-order chi connectivity index (χ1) is 8.69. The Morgan fingerprint density at radius 3 is 2.63 bits per heavy atom. The maximum absolute atomic E-state index is 12.1. The summed E-state index contributed by atoms with van der Waals surface area (Å²) in [7, 11) is -2.12. The molecule has 1 N–H and O–H groups in total. The van der Waals surface area contributed by atoms with Gasteiger partial charge in [0.2, 0.25) is 5.91 Å². The van der Waals surface area contributed by atoms with Crippen molar-refractivity contribution in [2.24, 2.45) is 0 Å². The topological polar surface area (TPSA) is 66.5 Å². The fourth-order valence-corrected chi connectivity index (χ4v) is 4.90. The Hall–Kier alpha value is -0.150. The van der Waals surface area contributed by atoms with Gasteiger partial charge in [0, 0.05) is 13.6 Å². The van der Waals surface area contributed by atoms with E-state index >= 15 is 0 Å². The summed E-state index contributed by atoms with van der Waals surface area (Å²) in [6.07, 6.45) is 0. The highest BCUT2D eigenvalue weighted by molar-refractivity contribution is 9.11. The second kappa shape index (κ2) is 6.53. The molecule has 1 aromatic heterocycles. The zero-order valence-corrected chi connectivity index (χ0v) is 14.6. The van der Waals surface area contributed by atoms with E-state index in [9.17, 15) is 13.2 Å². The van der Waals surface area contributed by atoms with Gasteiger partial charge in [-0.05, 0) is 35.8 Å². The van der Waals surface area contributed by atoms with Crippen LogP contribution >= 0.6 is 38.9 Å². The number of thiophene rings is 1. The van der Waals surface area contributed by atoms with Gasteiger partial charge < -0.3 is 4.90 Å². The summed E-state index contributed by atoms with van der Waals surface area (Å²) in [5.74, 6) is -0.284. The number of likely N-dealkylation sites (N-methyl/N-ethyl adjacent to an activating group) is 1. The minimum atomic E-state index is -3.74. The van der Waals surface area contributed by atoms with Crippen LogP contribution in [0.1, 0.15) is 13.8 Å². The average molecular weight is 390 g/mol. The van der Waals surface area contributed by atoms with Crippen molar-refractivity contribution < 1.29 is 13.2 Å². The first-order valence-electron chi connectivity index (χ1n) is 5.41. The summed E-state index contributed by atoms with van der Waals surface area (Å²) in [5.41, 5.74) is 0.